The molecule has 3 heterocycles. The topological polar surface area (TPSA) is 55.6 Å². The van der Waals surface area contributed by atoms with Gasteiger partial charge in [-0.1, -0.05) is 0 Å². The first-order chi connectivity index (χ1) is 6.77. The normalized spacial score (nSPS) is 14.4. The number of nitrogens with one attached hydrogen (secondary N) is 1. The summed E-state index contributed by atoms with van der Waals surface area (Å²) in [5.74, 6) is 1.59. The van der Waals surface area contributed by atoms with Crippen molar-refractivity contribution in [2.75, 3.05) is 11.9 Å². The van der Waals surface area contributed by atoms with Crippen molar-refractivity contribution in [1.82, 2.24) is 19.7 Å². The van der Waals surface area contributed by atoms with Gasteiger partial charge in [0.2, 0.25) is 5.28 Å². The highest BCUT2D eigenvalue weighted by molar-refractivity contribution is 14.1. The van der Waals surface area contributed by atoms with Crippen LogP contribution in [0.15, 0.2) is 0 Å². The van der Waals surface area contributed by atoms with Crippen LogP contribution in [0.25, 0.3) is 11.4 Å². The molecule has 0 aromatic heterocycles. The SMILES string of the molecule is Clc1nc2nnc(I)c-2c2n1CCN2. The van der Waals surface area contributed by atoms with Crippen LogP contribution in [0, 0.1) is 3.70 Å². The summed E-state index contributed by atoms with van der Waals surface area (Å²) in [6.45, 7) is 1.72. The van der Waals surface area contributed by atoms with Gasteiger partial charge in [0, 0.05) is 13.1 Å². The zero-order chi connectivity index (χ0) is 9.71. The summed E-state index contributed by atoms with van der Waals surface area (Å²) < 4.78 is 2.80. The van der Waals surface area contributed by atoms with Crippen molar-refractivity contribution in [3.8, 4) is 11.4 Å². The predicted molar refractivity (Wildman–Crippen MR) is 60.7 cm³/mol. The molecule has 3 rings (SSSR count). The minimum Gasteiger partial charge on any atom is -0.369 e. The monoisotopic (exact) mass is 321 g/mol. The molecular formula is C7H5ClIN5. The van der Waals surface area contributed by atoms with Gasteiger partial charge in [-0.15, -0.1) is 10.2 Å². The Morgan fingerprint density at radius 1 is 1.43 bits per heavy atom. The van der Waals surface area contributed by atoms with E-state index in [1.807, 2.05) is 4.57 Å². The van der Waals surface area contributed by atoms with Gasteiger partial charge in [0.15, 0.2) is 5.82 Å². The summed E-state index contributed by atoms with van der Waals surface area (Å²) in [4.78, 5) is 4.18. The summed E-state index contributed by atoms with van der Waals surface area (Å²) in [6, 6.07) is 0. The number of nitrogens with zero attached hydrogens (tertiary/aromatic N) is 4. The fourth-order valence-electron chi connectivity index (χ4n) is 1.61. The third-order valence-electron chi connectivity index (χ3n) is 2.22. The van der Waals surface area contributed by atoms with Crippen molar-refractivity contribution < 1.29 is 0 Å². The second-order valence-electron chi connectivity index (χ2n) is 3.00. The molecule has 3 aliphatic rings. The van der Waals surface area contributed by atoms with Crippen LogP contribution in [-0.2, 0) is 6.54 Å². The Bertz CT molecular complexity index is 482. The number of hydrogen-bond acceptors (Lipinski definition) is 4. The van der Waals surface area contributed by atoms with Gasteiger partial charge >= 0.3 is 0 Å². The zero-order valence-electron chi connectivity index (χ0n) is 6.96. The Morgan fingerprint density at radius 3 is 3.14 bits per heavy atom. The average molecular weight is 322 g/mol. The van der Waals surface area contributed by atoms with Gasteiger partial charge in [-0.3, -0.25) is 0 Å². The van der Waals surface area contributed by atoms with Crippen LogP contribution in [0.2, 0.25) is 5.28 Å². The third-order valence-corrected chi connectivity index (χ3v) is 3.26. The lowest BCUT2D eigenvalue weighted by molar-refractivity contribution is 0.780. The van der Waals surface area contributed by atoms with E-state index in [0.29, 0.717) is 11.1 Å². The molecule has 7 heteroatoms. The average Bonchev–Trinajstić information content (AvgIpc) is 2.72. The Labute approximate surface area is 98.4 Å². The second kappa shape index (κ2) is 2.93. The van der Waals surface area contributed by atoms with Crippen molar-refractivity contribution in [3.63, 3.8) is 0 Å². The fourth-order valence-corrected chi connectivity index (χ4v) is 2.47. The highest BCUT2D eigenvalue weighted by atomic mass is 127. The number of hydrogen-bond donors (Lipinski definition) is 1. The van der Waals surface area contributed by atoms with Gasteiger partial charge in [-0.05, 0) is 34.2 Å². The Morgan fingerprint density at radius 2 is 2.29 bits per heavy atom. The van der Waals surface area contributed by atoms with Crippen LogP contribution < -0.4 is 5.32 Å². The predicted octanol–water partition coefficient (Wildman–Crippen LogP) is 1.46. The van der Waals surface area contributed by atoms with Crippen molar-refractivity contribution in [2.24, 2.45) is 0 Å². The Kier molecular flexibility index (Phi) is 1.81. The smallest absolute Gasteiger partial charge is 0.206 e. The van der Waals surface area contributed by atoms with E-state index in [4.69, 9.17) is 11.6 Å². The minimum absolute atomic E-state index is 0.466. The summed E-state index contributed by atoms with van der Waals surface area (Å²) in [6.07, 6.45) is 0. The first-order valence-electron chi connectivity index (χ1n) is 4.09. The lowest BCUT2D eigenvalue weighted by atomic mass is 10.3. The third kappa shape index (κ3) is 1.04. The van der Waals surface area contributed by atoms with E-state index in [1.165, 1.54) is 0 Å². The highest BCUT2D eigenvalue weighted by Crippen LogP contribution is 2.35. The molecule has 0 spiro atoms. The van der Waals surface area contributed by atoms with E-state index < -0.39 is 0 Å². The lowest BCUT2D eigenvalue weighted by Crippen LogP contribution is -2.02. The van der Waals surface area contributed by atoms with Crippen LogP contribution in [-0.4, -0.2) is 26.3 Å². The second-order valence-corrected chi connectivity index (χ2v) is 4.36. The zero-order valence-corrected chi connectivity index (χ0v) is 9.87. The first-order valence-corrected chi connectivity index (χ1v) is 5.55. The van der Waals surface area contributed by atoms with Gasteiger partial charge in [0.25, 0.3) is 0 Å². The minimum atomic E-state index is 0.466. The van der Waals surface area contributed by atoms with E-state index in [-0.39, 0.29) is 0 Å². The summed E-state index contributed by atoms with van der Waals surface area (Å²) in [5, 5.41) is 11.7. The lowest BCUT2D eigenvalue weighted by Gasteiger charge is -2.08. The number of aromatic nitrogens is 4. The molecule has 14 heavy (non-hydrogen) atoms. The Hall–Kier alpha value is -0.630. The van der Waals surface area contributed by atoms with Gasteiger partial charge in [0.1, 0.15) is 9.52 Å². The van der Waals surface area contributed by atoms with Gasteiger partial charge in [-0.2, -0.15) is 4.98 Å². The molecule has 0 amide bonds. The van der Waals surface area contributed by atoms with Crippen molar-refractivity contribution >= 4 is 40.0 Å². The molecule has 0 aliphatic carbocycles. The number of rotatable bonds is 0. The van der Waals surface area contributed by atoms with Crippen LogP contribution in [0.5, 0.6) is 0 Å². The van der Waals surface area contributed by atoms with Crippen LogP contribution in [0.1, 0.15) is 0 Å². The van der Waals surface area contributed by atoms with E-state index in [2.05, 4.69) is 43.1 Å². The molecule has 72 valence electrons. The number of halogens is 2. The maximum Gasteiger partial charge on any atom is 0.206 e. The van der Waals surface area contributed by atoms with E-state index >= 15 is 0 Å². The molecule has 1 N–H and O–H groups in total. The maximum atomic E-state index is 6.00. The fraction of sp³-hybridized carbons (Fsp3) is 0.286. The van der Waals surface area contributed by atoms with E-state index in [1.54, 1.807) is 0 Å². The molecule has 0 bridgehead atoms. The summed E-state index contributed by atoms with van der Waals surface area (Å²) in [7, 11) is 0. The van der Waals surface area contributed by atoms with E-state index in [9.17, 15) is 0 Å². The summed E-state index contributed by atoms with van der Waals surface area (Å²) in [5.41, 5.74) is 0.965. The van der Waals surface area contributed by atoms with Gasteiger partial charge < -0.3 is 9.88 Å². The number of anilines is 1. The van der Waals surface area contributed by atoms with Crippen LogP contribution in [0.4, 0.5) is 5.82 Å². The van der Waals surface area contributed by atoms with Crippen molar-refractivity contribution in [3.05, 3.63) is 8.98 Å². The Balaban J connectivity index is 2.42. The molecule has 0 fully saturated rings. The molecule has 0 unspecified atom stereocenters. The van der Waals surface area contributed by atoms with Gasteiger partial charge in [0.05, 0.1) is 5.56 Å². The molecule has 0 aromatic rings. The molecule has 0 saturated heterocycles. The molecule has 0 saturated carbocycles. The van der Waals surface area contributed by atoms with Gasteiger partial charge in [-0.25, -0.2) is 0 Å². The molecular weight excluding hydrogens is 316 g/mol. The van der Waals surface area contributed by atoms with Crippen LogP contribution >= 0.6 is 34.2 Å². The molecule has 0 radical (unpaired) electrons. The van der Waals surface area contributed by atoms with Crippen molar-refractivity contribution in [1.29, 1.82) is 0 Å². The first kappa shape index (κ1) is 8.66. The summed E-state index contributed by atoms with van der Waals surface area (Å²) >= 11 is 8.15. The van der Waals surface area contributed by atoms with E-state index in [0.717, 1.165) is 28.2 Å². The maximum absolute atomic E-state index is 6.00. The standard InChI is InChI=1S/C7H5ClIN5/c8-7-11-5-3(4(9)12-13-5)6-10-1-2-14(6)7/h10H,1-2H2. The number of fused-ring (bicyclic) bond motifs is 3. The van der Waals surface area contributed by atoms with Crippen molar-refractivity contribution in [2.45, 2.75) is 6.54 Å². The van der Waals surface area contributed by atoms with Crippen LogP contribution in [0.3, 0.4) is 0 Å². The molecule has 3 aliphatic heterocycles. The quantitative estimate of drug-likeness (QED) is 0.590. The molecule has 0 aromatic carbocycles. The highest BCUT2D eigenvalue weighted by Gasteiger charge is 2.25. The molecule has 5 nitrogen and oxygen atoms in total. The largest absolute Gasteiger partial charge is 0.369 e. The molecule has 0 atom stereocenters.